The van der Waals surface area contributed by atoms with Crippen molar-refractivity contribution in [1.29, 1.82) is 0 Å². The van der Waals surface area contributed by atoms with Crippen molar-refractivity contribution < 1.29 is 14.3 Å². The number of fused-ring (bicyclic) bond motifs is 4. The maximum atomic E-state index is 13.2. The number of benzene rings is 2. The fourth-order valence-electron chi connectivity index (χ4n) is 7.54. The molecule has 2 bridgehead atoms. The summed E-state index contributed by atoms with van der Waals surface area (Å²) >= 11 is 10.5. The van der Waals surface area contributed by atoms with E-state index in [4.69, 9.17) is 31.0 Å². The highest BCUT2D eigenvalue weighted by atomic mass is 79.9. The Morgan fingerprint density at radius 2 is 1.82 bits per heavy atom. The quantitative estimate of drug-likeness (QED) is 0.293. The SMILES string of the molecule is CN1CCC[C@H]1COc1nc2c(c(N3CC4CCC(C3)N4C(=O)OC(C)(C)C)n1)CCN(c1ccc(Br)c3cccc(Cl)c13)C2. The first-order valence-corrected chi connectivity index (χ1v) is 17.3. The molecular weight excluding hydrogens is 656 g/mol. The van der Waals surface area contributed by atoms with Crippen molar-refractivity contribution in [2.45, 2.75) is 83.1 Å². The summed E-state index contributed by atoms with van der Waals surface area (Å²) in [5.74, 6) is 0.953. The third kappa shape index (κ3) is 6.05. The van der Waals surface area contributed by atoms with Crippen LogP contribution in [0.25, 0.3) is 10.8 Å². The van der Waals surface area contributed by atoms with E-state index in [2.05, 4.69) is 55.9 Å². The first kappa shape index (κ1) is 30.8. The Hall–Kier alpha value is -2.82. The summed E-state index contributed by atoms with van der Waals surface area (Å²) in [5, 5.41) is 2.88. The Morgan fingerprint density at radius 3 is 2.53 bits per heavy atom. The summed E-state index contributed by atoms with van der Waals surface area (Å²) in [5.41, 5.74) is 2.75. The van der Waals surface area contributed by atoms with Gasteiger partial charge in [-0.3, -0.25) is 4.90 Å². The monoisotopic (exact) mass is 696 g/mol. The standard InChI is InChI=1S/C34H42BrClN6O3/c1-34(2,3)45-33(43)42-21-10-11-22(42)18-41(17-21)31-25-14-16-40(29-13-12-26(35)24-8-5-9-27(36)30(24)29)19-28(25)37-32(38-31)44-20-23-7-6-15-39(23)4/h5,8-9,12-13,21-23H,6-7,10-11,14-20H2,1-4H3/t21?,22?,23-/m0/s1. The largest absolute Gasteiger partial charge is 0.462 e. The zero-order valence-corrected chi connectivity index (χ0v) is 28.9. The maximum Gasteiger partial charge on any atom is 0.410 e. The van der Waals surface area contributed by atoms with Crippen LogP contribution in [-0.4, -0.2) is 89.4 Å². The minimum Gasteiger partial charge on any atom is -0.462 e. The van der Waals surface area contributed by atoms with Crippen molar-refractivity contribution in [2.24, 2.45) is 0 Å². The van der Waals surface area contributed by atoms with E-state index in [0.717, 1.165) is 89.3 Å². The number of aromatic nitrogens is 2. The predicted octanol–water partition coefficient (Wildman–Crippen LogP) is 6.67. The lowest BCUT2D eigenvalue weighted by molar-refractivity contribution is 0.0122. The summed E-state index contributed by atoms with van der Waals surface area (Å²) in [6.45, 7) is 10.3. The number of carbonyl (C=O) groups excluding carboxylic acids is 1. The molecule has 45 heavy (non-hydrogen) atoms. The van der Waals surface area contributed by atoms with Gasteiger partial charge >= 0.3 is 12.1 Å². The van der Waals surface area contributed by atoms with Crippen LogP contribution in [0, 0.1) is 0 Å². The fraction of sp³-hybridized carbons (Fsp3) is 0.559. The van der Waals surface area contributed by atoms with Crippen LogP contribution in [0.5, 0.6) is 6.01 Å². The fourth-order valence-corrected chi connectivity index (χ4v) is 8.28. The molecule has 11 heteroatoms. The molecule has 0 aliphatic carbocycles. The number of piperazine rings is 1. The molecule has 3 atom stereocenters. The van der Waals surface area contributed by atoms with Gasteiger partial charge in [0, 0.05) is 46.8 Å². The number of ether oxygens (including phenoxy) is 2. The van der Waals surface area contributed by atoms with Crippen LogP contribution in [0.4, 0.5) is 16.3 Å². The van der Waals surface area contributed by atoms with Gasteiger partial charge in [-0.2, -0.15) is 9.97 Å². The molecule has 1 aromatic heterocycles. The molecule has 4 aliphatic rings. The second kappa shape index (κ2) is 12.1. The van der Waals surface area contributed by atoms with Crippen molar-refractivity contribution in [3.05, 3.63) is 51.1 Å². The van der Waals surface area contributed by atoms with Gasteiger partial charge in [-0.1, -0.05) is 39.7 Å². The summed E-state index contributed by atoms with van der Waals surface area (Å²) < 4.78 is 13.2. The van der Waals surface area contributed by atoms with Gasteiger partial charge < -0.3 is 24.2 Å². The molecule has 3 fully saturated rings. The van der Waals surface area contributed by atoms with E-state index in [-0.39, 0.29) is 18.2 Å². The Bertz CT molecular complexity index is 1600. The lowest BCUT2D eigenvalue weighted by atomic mass is 10.0. The number of hydrogen-bond donors (Lipinski definition) is 0. The molecular formula is C34H42BrClN6O3. The molecule has 2 aromatic carbocycles. The number of amides is 1. The van der Waals surface area contributed by atoms with Crippen LogP contribution in [0.2, 0.25) is 5.02 Å². The van der Waals surface area contributed by atoms with Crippen LogP contribution in [0.3, 0.4) is 0 Å². The Labute approximate surface area is 278 Å². The highest BCUT2D eigenvalue weighted by Gasteiger charge is 2.45. The zero-order valence-electron chi connectivity index (χ0n) is 26.6. The van der Waals surface area contributed by atoms with Crippen molar-refractivity contribution in [1.82, 2.24) is 19.8 Å². The van der Waals surface area contributed by atoms with E-state index in [1.54, 1.807) is 0 Å². The normalized spacial score (nSPS) is 23.5. The maximum absolute atomic E-state index is 13.2. The predicted molar refractivity (Wildman–Crippen MR) is 182 cm³/mol. The second-order valence-corrected chi connectivity index (χ2v) is 15.2. The minimum absolute atomic E-state index is 0.0945. The van der Waals surface area contributed by atoms with Crippen LogP contribution >= 0.6 is 27.5 Å². The van der Waals surface area contributed by atoms with E-state index in [9.17, 15) is 4.79 Å². The van der Waals surface area contributed by atoms with Gasteiger partial charge in [0.15, 0.2) is 0 Å². The second-order valence-electron chi connectivity index (χ2n) is 13.9. The first-order chi connectivity index (χ1) is 21.6. The van der Waals surface area contributed by atoms with Gasteiger partial charge in [-0.05, 0) is 90.1 Å². The van der Waals surface area contributed by atoms with Crippen molar-refractivity contribution in [3.63, 3.8) is 0 Å². The molecule has 9 nitrogen and oxygen atoms in total. The van der Waals surface area contributed by atoms with Gasteiger partial charge in [0.2, 0.25) is 0 Å². The summed E-state index contributed by atoms with van der Waals surface area (Å²) in [6.07, 6.45) is 4.84. The molecule has 240 valence electrons. The average molecular weight is 698 g/mol. The van der Waals surface area contributed by atoms with E-state index in [1.165, 1.54) is 12.0 Å². The lowest BCUT2D eigenvalue weighted by Crippen LogP contribution is -2.57. The van der Waals surface area contributed by atoms with Crippen molar-refractivity contribution >= 4 is 55.9 Å². The third-order valence-electron chi connectivity index (χ3n) is 9.74. The van der Waals surface area contributed by atoms with Crippen LogP contribution < -0.4 is 14.5 Å². The van der Waals surface area contributed by atoms with Crippen molar-refractivity contribution in [3.8, 4) is 6.01 Å². The molecule has 3 saturated heterocycles. The summed E-state index contributed by atoms with van der Waals surface area (Å²) in [4.78, 5) is 32.4. The lowest BCUT2D eigenvalue weighted by Gasteiger charge is -2.43. The summed E-state index contributed by atoms with van der Waals surface area (Å²) in [6, 6.07) is 11.3. The first-order valence-electron chi connectivity index (χ1n) is 16.2. The number of likely N-dealkylation sites (N-methyl/N-ethyl adjacent to an activating group) is 1. The van der Waals surface area contributed by atoms with Gasteiger partial charge in [-0.15, -0.1) is 0 Å². The van der Waals surface area contributed by atoms with Gasteiger partial charge in [0.05, 0.1) is 29.3 Å². The molecule has 5 heterocycles. The molecule has 0 spiro atoms. The number of carbonyl (C=O) groups is 1. The summed E-state index contributed by atoms with van der Waals surface area (Å²) in [7, 11) is 2.16. The Kier molecular flexibility index (Phi) is 8.27. The third-order valence-corrected chi connectivity index (χ3v) is 10.7. The molecule has 2 unspecified atom stereocenters. The Morgan fingerprint density at radius 1 is 1.04 bits per heavy atom. The average Bonchev–Trinajstić information content (AvgIpc) is 3.53. The molecule has 0 N–H and O–H groups in total. The Balaban J connectivity index is 1.20. The van der Waals surface area contributed by atoms with Gasteiger partial charge in [-0.25, -0.2) is 4.79 Å². The number of hydrogen-bond acceptors (Lipinski definition) is 8. The zero-order chi connectivity index (χ0) is 31.5. The van der Waals surface area contributed by atoms with Crippen LogP contribution in [0.15, 0.2) is 34.8 Å². The number of anilines is 2. The van der Waals surface area contributed by atoms with E-state index >= 15 is 0 Å². The smallest absolute Gasteiger partial charge is 0.410 e. The molecule has 0 saturated carbocycles. The molecule has 7 rings (SSSR count). The molecule has 4 aliphatic heterocycles. The van der Waals surface area contributed by atoms with Crippen LogP contribution in [0.1, 0.15) is 57.7 Å². The van der Waals surface area contributed by atoms with Gasteiger partial charge in [0.1, 0.15) is 18.0 Å². The van der Waals surface area contributed by atoms with Crippen molar-refractivity contribution in [2.75, 3.05) is 49.6 Å². The molecule has 0 radical (unpaired) electrons. The number of likely N-dealkylation sites (tertiary alicyclic amines) is 1. The number of nitrogens with zero attached hydrogens (tertiary/aromatic N) is 6. The van der Waals surface area contributed by atoms with Crippen LogP contribution in [-0.2, 0) is 17.7 Å². The van der Waals surface area contributed by atoms with E-state index in [0.29, 0.717) is 25.2 Å². The number of halogens is 2. The highest BCUT2D eigenvalue weighted by molar-refractivity contribution is 9.10. The molecule has 1 amide bonds. The highest BCUT2D eigenvalue weighted by Crippen LogP contribution is 2.41. The molecule has 3 aromatic rings. The number of rotatable bonds is 5. The van der Waals surface area contributed by atoms with E-state index < -0.39 is 5.60 Å². The van der Waals surface area contributed by atoms with E-state index in [1.807, 2.05) is 37.8 Å². The van der Waals surface area contributed by atoms with Gasteiger partial charge in [0.25, 0.3) is 0 Å². The minimum atomic E-state index is -0.519. The topological polar surface area (TPSA) is 74.3 Å².